The van der Waals surface area contributed by atoms with E-state index in [4.69, 9.17) is 9.05 Å². The Bertz CT molecular complexity index is 270. The molecule has 0 rings (SSSR count). The maximum atomic E-state index is 11.4. The van der Waals surface area contributed by atoms with E-state index in [2.05, 4.69) is 0 Å². The quantitative estimate of drug-likeness (QED) is 0.530. The van der Waals surface area contributed by atoms with Crippen LogP contribution in [0, 0.1) is 0 Å². The van der Waals surface area contributed by atoms with E-state index < -0.39 is 13.9 Å². The molecule has 0 fully saturated rings. The fraction of sp³-hybridized carbons (Fsp3) is 1.00. The number of hydrogen-bond acceptors (Lipinski definition) is 4. The van der Waals surface area contributed by atoms with Gasteiger partial charge in [0.2, 0.25) is 0 Å². The Morgan fingerprint density at radius 2 is 1.75 bits per heavy atom. The topological polar surface area (TPSA) is 58.6 Å². The highest BCUT2D eigenvalue weighted by atomic mass is 31.2. The average molecular weight is 253 g/mol. The van der Waals surface area contributed by atoms with Crippen molar-refractivity contribution >= 4 is 7.82 Å². The summed E-state index contributed by atoms with van der Waals surface area (Å²) in [6, 6.07) is 0. The number of hydrogen-bond donors (Lipinski definition) is 0. The maximum Gasteiger partial charge on any atom is 0.268 e. The summed E-state index contributed by atoms with van der Waals surface area (Å²) in [7, 11) is 1.79. The first-order valence-corrected chi connectivity index (χ1v) is 6.79. The van der Waals surface area contributed by atoms with Crippen LogP contribution in [0.25, 0.3) is 0 Å². The van der Waals surface area contributed by atoms with Gasteiger partial charge in [-0.25, -0.2) is 0 Å². The normalized spacial score (nSPS) is 17.6. The van der Waals surface area contributed by atoms with E-state index in [1.807, 2.05) is 35.0 Å². The summed E-state index contributed by atoms with van der Waals surface area (Å²) in [5, 5.41) is 0. The molecule has 1 atom stereocenters. The predicted molar refractivity (Wildman–Crippen MR) is 61.9 cm³/mol. The molecule has 0 heterocycles. The van der Waals surface area contributed by atoms with Crippen molar-refractivity contribution in [1.29, 1.82) is 0 Å². The van der Waals surface area contributed by atoms with Gasteiger partial charge in [0.25, 0.3) is 7.82 Å². The van der Waals surface area contributed by atoms with Gasteiger partial charge in [-0.15, -0.1) is 0 Å². The van der Waals surface area contributed by atoms with Gasteiger partial charge in [-0.1, -0.05) is 0 Å². The molecule has 0 aromatic carbocycles. The standard InChI is InChI=1S/C10H24NO4P/c1-9(2)15-16(12,13)14-8-10(3,4)11(5,6)7/h9H,8H2,1-7H3. The molecule has 0 saturated carbocycles. The Morgan fingerprint density at radius 3 is 2.06 bits per heavy atom. The molecule has 16 heavy (non-hydrogen) atoms. The van der Waals surface area contributed by atoms with Crippen LogP contribution >= 0.6 is 7.82 Å². The van der Waals surface area contributed by atoms with E-state index in [0.29, 0.717) is 4.48 Å². The minimum absolute atomic E-state index is 0.101. The van der Waals surface area contributed by atoms with E-state index in [9.17, 15) is 9.46 Å². The van der Waals surface area contributed by atoms with Gasteiger partial charge in [-0.2, -0.15) is 0 Å². The number of phosphoric acid groups is 1. The molecule has 0 saturated heterocycles. The third-order valence-electron chi connectivity index (χ3n) is 2.73. The lowest BCUT2D eigenvalue weighted by atomic mass is 10.0. The largest absolute Gasteiger partial charge is 0.756 e. The van der Waals surface area contributed by atoms with Crippen molar-refractivity contribution in [2.75, 3.05) is 27.7 Å². The van der Waals surface area contributed by atoms with Crippen molar-refractivity contribution in [2.24, 2.45) is 0 Å². The molecule has 0 aliphatic heterocycles. The van der Waals surface area contributed by atoms with Crippen molar-refractivity contribution in [3.63, 3.8) is 0 Å². The van der Waals surface area contributed by atoms with E-state index in [0.717, 1.165) is 0 Å². The zero-order valence-electron chi connectivity index (χ0n) is 11.3. The van der Waals surface area contributed by atoms with Crippen LogP contribution in [-0.2, 0) is 13.6 Å². The molecule has 0 bridgehead atoms. The minimum atomic E-state index is -4.17. The highest BCUT2D eigenvalue weighted by Gasteiger charge is 2.34. The molecule has 6 heteroatoms. The van der Waals surface area contributed by atoms with Crippen LogP contribution in [-0.4, -0.2) is 43.9 Å². The highest BCUT2D eigenvalue weighted by molar-refractivity contribution is 7.45. The van der Waals surface area contributed by atoms with Gasteiger partial charge in [-0.3, -0.25) is 4.57 Å². The van der Waals surface area contributed by atoms with E-state index in [1.54, 1.807) is 13.8 Å². The summed E-state index contributed by atoms with van der Waals surface area (Å²) in [4.78, 5) is 11.4. The Hall–Kier alpha value is 0.0700. The summed E-state index contributed by atoms with van der Waals surface area (Å²) in [5.41, 5.74) is -0.305. The molecule has 0 aliphatic carbocycles. The zero-order valence-corrected chi connectivity index (χ0v) is 12.2. The molecule has 0 aromatic heterocycles. The molecule has 98 valence electrons. The number of nitrogens with zero attached hydrogens (tertiary/aromatic N) is 1. The Morgan fingerprint density at radius 1 is 1.31 bits per heavy atom. The molecule has 1 unspecified atom stereocenters. The summed E-state index contributed by atoms with van der Waals surface area (Å²) < 4.78 is 21.6. The minimum Gasteiger partial charge on any atom is -0.756 e. The molecular formula is C10H24NO4P. The van der Waals surface area contributed by atoms with Gasteiger partial charge in [0.1, 0.15) is 12.1 Å². The number of likely N-dealkylation sites (N-methyl/N-ethyl adjacent to an activating group) is 1. The van der Waals surface area contributed by atoms with Crippen LogP contribution in [0.1, 0.15) is 27.7 Å². The van der Waals surface area contributed by atoms with E-state index in [-0.39, 0.29) is 12.1 Å². The van der Waals surface area contributed by atoms with Gasteiger partial charge >= 0.3 is 0 Å². The highest BCUT2D eigenvalue weighted by Crippen LogP contribution is 2.41. The average Bonchev–Trinajstić information content (AvgIpc) is 1.96. The second-order valence-corrected chi connectivity index (χ2v) is 7.06. The van der Waals surface area contributed by atoms with Crippen LogP contribution in [0.2, 0.25) is 0 Å². The molecule has 0 aliphatic rings. The van der Waals surface area contributed by atoms with E-state index >= 15 is 0 Å². The predicted octanol–water partition coefficient (Wildman–Crippen LogP) is 1.38. The van der Waals surface area contributed by atoms with Gasteiger partial charge in [0.05, 0.1) is 27.2 Å². The van der Waals surface area contributed by atoms with Crippen molar-refractivity contribution < 1.29 is 23.0 Å². The lowest BCUT2D eigenvalue weighted by Crippen LogP contribution is -2.55. The molecule has 5 nitrogen and oxygen atoms in total. The molecule has 0 N–H and O–H groups in total. The van der Waals surface area contributed by atoms with E-state index in [1.165, 1.54) is 0 Å². The summed E-state index contributed by atoms with van der Waals surface area (Å²) in [6.07, 6.45) is -0.393. The monoisotopic (exact) mass is 253 g/mol. The van der Waals surface area contributed by atoms with Crippen LogP contribution < -0.4 is 4.89 Å². The molecule has 0 amide bonds. The van der Waals surface area contributed by atoms with Crippen molar-refractivity contribution in [2.45, 2.75) is 39.3 Å². The molecule has 0 spiro atoms. The second-order valence-electron chi connectivity index (χ2n) is 5.70. The first-order chi connectivity index (χ1) is 6.87. The fourth-order valence-corrected chi connectivity index (χ4v) is 1.77. The third-order valence-corrected chi connectivity index (χ3v) is 3.86. The van der Waals surface area contributed by atoms with Gasteiger partial charge in [0, 0.05) is 0 Å². The van der Waals surface area contributed by atoms with Crippen LogP contribution in [0.5, 0.6) is 0 Å². The van der Waals surface area contributed by atoms with Gasteiger partial charge < -0.3 is 18.4 Å². The molecule has 0 radical (unpaired) electrons. The third kappa shape index (κ3) is 5.41. The summed E-state index contributed by atoms with van der Waals surface area (Å²) >= 11 is 0. The second kappa shape index (κ2) is 5.15. The maximum absolute atomic E-state index is 11.4. The molecule has 0 aromatic rings. The molecular weight excluding hydrogens is 229 g/mol. The Balaban J connectivity index is 4.40. The Kier molecular flexibility index (Phi) is 5.17. The number of rotatable bonds is 6. The SMILES string of the molecule is CC(C)OP(=O)([O-])OCC(C)(C)[N+](C)(C)C. The zero-order chi connectivity index (χ0) is 13.2. The smallest absolute Gasteiger partial charge is 0.268 e. The van der Waals surface area contributed by atoms with Gasteiger partial charge in [-0.05, 0) is 27.7 Å². The first-order valence-electron chi connectivity index (χ1n) is 5.33. The number of quaternary nitrogens is 1. The van der Waals surface area contributed by atoms with Crippen LogP contribution in [0.15, 0.2) is 0 Å². The van der Waals surface area contributed by atoms with Gasteiger partial charge in [0.15, 0.2) is 0 Å². The fourth-order valence-electron chi connectivity index (χ4n) is 0.719. The summed E-state index contributed by atoms with van der Waals surface area (Å²) in [6.45, 7) is 7.30. The lowest BCUT2D eigenvalue weighted by Gasteiger charge is -2.42. The number of phosphoric ester groups is 1. The van der Waals surface area contributed by atoms with Crippen molar-refractivity contribution in [3.05, 3.63) is 0 Å². The Labute approximate surface area is 98.6 Å². The van der Waals surface area contributed by atoms with Crippen LogP contribution in [0.4, 0.5) is 0 Å². The van der Waals surface area contributed by atoms with Crippen LogP contribution in [0.3, 0.4) is 0 Å². The van der Waals surface area contributed by atoms with Crippen molar-refractivity contribution in [1.82, 2.24) is 0 Å². The first kappa shape index (κ1) is 16.1. The lowest BCUT2D eigenvalue weighted by molar-refractivity contribution is -0.919. The summed E-state index contributed by atoms with van der Waals surface area (Å²) in [5.74, 6) is 0. The van der Waals surface area contributed by atoms with Crippen molar-refractivity contribution in [3.8, 4) is 0 Å².